The van der Waals surface area contributed by atoms with Crippen LogP contribution in [0.15, 0.2) is 24.3 Å². The van der Waals surface area contributed by atoms with Crippen molar-refractivity contribution in [1.29, 1.82) is 0 Å². The molecule has 0 aromatic heterocycles. The van der Waals surface area contributed by atoms with Gasteiger partial charge in [-0.3, -0.25) is 4.79 Å². The van der Waals surface area contributed by atoms with E-state index in [0.29, 0.717) is 6.42 Å². The van der Waals surface area contributed by atoms with Crippen molar-refractivity contribution < 1.29 is 14.6 Å². The summed E-state index contributed by atoms with van der Waals surface area (Å²) in [6.07, 6.45) is 5.86. The molecular formula is C17H25NO3. The van der Waals surface area contributed by atoms with Crippen LogP contribution in [0.5, 0.6) is 5.75 Å². The molecule has 1 fully saturated rings. The molecule has 0 bridgehead atoms. The summed E-state index contributed by atoms with van der Waals surface area (Å²) in [7, 11) is 1.68. The maximum atomic E-state index is 10.5. The van der Waals surface area contributed by atoms with Crippen LogP contribution < -0.4 is 10.1 Å². The molecule has 1 aliphatic rings. The van der Waals surface area contributed by atoms with Gasteiger partial charge in [0.15, 0.2) is 0 Å². The van der Waals surface area contributed by atoms with Gasteiger partial charge >= 0.3 is 5.97 Å². The van der Waals surface area contributed by atoms with Crippen LogP contribution in [-0.4, -0.2) is 31.3 Å². The first kappa shape index (κ1) is 15.8. The van der Waals surface area contributed by atoms with E-state index < -0.39 is 5.97 Å². The third-order valence-corrected chi connectivity index (χ3v) is 4.47. The zero-order chi connectivity index (χ0) is 15.1. The van der Waals surface area contributed by atoms with Crippen molar-refractivity contribution in [1.82, 2.24) is 5.32 Å². The second-order valence-electron chi connectivity index (χ2n) is 5.89. The van der Waals surface area contributed by atoms with Gasteiger partial charge in [-0.25, -0.2) is 0 Å². The molecule has 2 rings (SSSR count). The predicted octanol–water partition coefficient (Wildman–Crippen LogP) is 2.96. The summed E-state index contributed by atoms with van der Waals surface area (Å²) in [4.78, 5) is 10.5. The standard InChI is InChI=1S/C17H25NO3/c1-21-15-8-6-14(7-9-15)17(10-2-3-11-17)13-18-12-4-5-16(19)20/h6-9,18H,2-5,10-13H2,1H3,(H,19,20). The molecular weight excluding hydrogens is 266 g/mol. The van der Waals surface area contributed by atoms with E-state index in [1.54, 1.807) is 7.11 Å². The van der Waals surface area contributed by atoms with Crippen LogP contribution >= 0.6 is 0 Å². The van der Waals surface area contributed by atoms with E-state index in [9.17, 15) is 4.79 Å². The van der Waals surface area contributed by atoms with Gasteiger partial charge in [0.1, 0.15) is 5.75 Å². The molecule has 21 heavy (non-hydrogen) atoms. The van der Waals surface area contributed by atoms with Crippen LogP contribution in [0.1, 0.15) is 44.1 Å². The minimum Gasteiger partial charge on any atom is -0.497 e. The first-order valence-electron chi connectivity index (χ1n) is 7.73. The van der Waals surface area contributed by atoms with Gasteiger partial charge in [-0.2, -0.15) is 0 Å². The zero-order valence-corrected chi connectivity index (χ0v) is 12.7. The van der Waals surface area contributed by atoms with Crippen LogP contribution in [0.25, 0.3) is 0 Å². The molecule has 0 unspecified atom stereocenters. The molecule has 1 aromatic carbocycles. The highest BCUT2D eigenvalue weighted by atomic mass is 16.5. The summed E-state index contributed by atoms with van der Waals surface area (Å²) in [5.41, 5.74) is 1.57. The summed E-state index contributed by atoms with van der Waals surface area (Å²) in [6, 6.07) is 8.39. The number of nitrogens with one attached hydrogen (secondary N) is 1. The Labute approximate surface area is 126 Å². The summed E-state index contributed by atoms with van der Waals surface area (Å²) >= 11 is 0. The van der Waals surface area contributed by atoms with Gasteiger partial charge in [-0.1, -0.05) is 25.0 Å². The number of hydrogen-bond acceptors (Lipinski definition) is 3. The number of aliphatic carboxylic acids is 1. The van der Waals surface area contributed by atoms with Crippen molar-refractivity contribution in [3.8, 4) is 5.75 Å². The second-order valence-corrected chi connectivity index (χ2v) is 5.89. The Morgan fingerprint density at radius 2 is 1.95 bits per heavy atom. The fourth-order valence-electron chi connectivity index (χ4n) is 3.26. The van der Waals surface area contributed by atoms with E-state index in [1.165, 1.54) is 31.2 Å². The quantitative estimate of drug-likeness (QED) is 0.723. The Morgan fingerprint density at radius 1 is 1.29 bits per heavy atom. The van der Waals surface area contributed by atoms with Gasteiger partial charge < -0.3 is 15.2 Å². The van der Waals surface area contributed by atoms with Crippen LogP contribution in [-0.2, 0) is 10.2 Å². The topological polar surface area (TPSA) is 58.6 Å². The summed E-state index contributed by atoms with van der Waals surface area (Å²) in [5.74, 6) is 0.170. The van der Waals surface area contributed by atoms with Gasteiger partial charge in [0.05, 0.1) is 7.11 Å². The van der Waals surface area contributed by atoms with E-state index in [1.807, 2.05) is 12.1 Å². The fourth-order valence-corrected chi connectivity index (χ4v) is 3.26. The van der Waals surface area contributed by atoms with Gasteiger partial charge in [0.25, 0.3) is 0 Å². The third kappa shape index (κ3) is 4.21. The highest BCUT2D eigenvalue weighted by molar-refractivity contribution is 5.66. The van der Waals surface area contributed by atoms with E-state index >= 15 is 0 Å². The lowest BCUT2D eigenvalue weighted by molar-refractivity contribution is -0.137. The lowest BCUT2D eigenvalue weighted by Gasteiger charge is -2.30. The lowest BCUT2D eigenvalue weighted by Crippen LogP contribution is -2.36. The smallest absolute Gasteiger partial charge is 0.303 e. The van der Waals surface area contributed by atoms with Crippen molar-refractivity contribution in [2.24, 2.45) is 0 Å². The molecule has 2 N–H and O–H groups in total. The number of rotatable bonds is 8. The number of ether oxygens (including phenoxy) is 1. The lowest BCUT2D eigenvalue weighted by atomic mass is 9.78. The molecule has 0 aliphatic heterocycles. The Morgan fingerprint density at radius 3 is 2.52 bits per heavy atom. The summed E-state index contributed by atoms with van der Waals surface area (Å²) in [6.45, 7) is 1.70. The van der Waals surface area contributed by atoms with Crippen molar-refractivity contribution >= 4 is 5.97 Å². The molecule has 1 aromatic rings. The van der Waals surface area contributed by atoms with Crippen LogP contribution in [0.2, 0.25) is 0 Å². The number of carboxylic acid groups (broad SMARTS) is 1. The highest BCUT2D eigenvalue weighted by Gasteiger charge is 2.35. The molecule has 1 saturated carbocycles. The maximum absolute atomic E-state index is 10.5. The van der Waals surface area contributed by atoms with E-state index in [2.05, 4.69) is 17.4 Å². The average molecular weight is 291 g/mol. The second kappa shape index (κ2) is 7.46. The monoisotopic (exact) mass is 291 g/mol. The summed E-state index contributed by atoms with van der Waals surface area (Å²) < 4.78 is 5.23. The highest BCUT2D eigenvalue weighted by Crippen LogP contribution is 2.41. The van der Waals surface area contributed by atoms with Crippen molar-refractivity contribution in [3.05, 3.63) is 29.8 Å². The number of carbonyl (C=O) groups is 1. The first-order chi connectivity index (χ1) is 10.2. The van der Waals surface area contributed by atoms with Crippen LogP contribution in [0.4, 0.5) is 0 Å². The SMILES string of the molecule is COc1ccc(C2(CNCCCC(=O)O)CCCC2)cc1. The largest absolute Gasteiger partial charge is 0.497 e. The van der Waals surface area contributed by atoms with Crippen molar-refractivity contribution in [3.63, 3.8) is 0 Å². The molecule has 4 heteroatoms. The van der Waals surface area contributed by atoms with Gasteiger partial charge in [-0.15, -0.1) is 0 Å². The van der Waals surface area contributed by atoms with Gasteiger partial charge in [0.2, 0.25) is 0 Å². The minimum absolute atomic E-state index is 0.204. The summed E-state index contributed by atoms with van der Waals surface area (Å²) in [5, 5.41) is 12.1. The molecule has 0 spiro atoms. The normalized spacial score (nSPS) is 16.8. The van der Waals surface area contributed by atoms with Crippen LogP contribution in [0.3, 0.4) is 0 Å². The Bertz CT molecular complexity index is 450. The Balaban J connectivity index is 1.94. The molecule has 0 radical (unpaired) electrons. The first-order valence-corrected chi connectivity index (χ1v) is 7.73. The molecule has 4 nitrogen and oxygen atoms in total. The molecule has 1 aliphatic carbocycles. The number of carboxylic acids is 1. The van der Waals surface area contributed by atoms with Gasteiger partial charge in [-0.05, 0) is 43.5 Å². The molecule has 0 saturated heterocycles. The predicted molar refractivity (Wildman–Crippen MR) is 82.9 cm³/mol. The molecule has 0 amide bonds. The van der Waals surface area contributed by atoms with E-state index in [-0.39, 0.29) is 11.8 Å². The molecule has 116 valence electrons. The molecule has 0 heterocycles. The van der Waals surface area contributed by atoms with Gasteiger partial charge in [0, 0.05) is 18.4 Å². The van der Waals surface area contributed by atoms with Crippen LogP contribution in [0, 0.1) is 0 Å². The van der Waals surface area contributed by atoms with Crippen molar-refractivity contribution in [2.45, 2.75) is 43.9 Å². The molecule has 0 atom stereocenters. The number of benzene rings is 1. The van der Waals surface area contributed by atoms with E-state index in [4.69, 9.17) is 9.84 Å². The maximum Gasteiger partial charge on any atom is 0.303 e. The zero-order valence-electron chi connectivity index (χ0n) is 12.7. The number of hydrogen-bond donors (Lipinski definition) is 2. The Hall–Kier alpha value is -1.55. The Kier molecular flexibility index (Phi) is 5.62. The minimum atomic E-state index is -0.720. The van der Waals surface area contributed by atoms with E-state index in [0.717, 1.165) is 18.8 Å². The van der Waals surface area contributed by atoms with Crippen molar-refractivity contribution in [2.75, 3.05) is 20.2 Å². The average Bonchev–Trinajstić information content (AvgIpc) is 2.97. The fraction of sp³-hybridized carbons (Fsp3) is 0.588. The number of methoxy groups -OCH3 is 1. The third-order valence-electron chi connectivity index (χ3n) is 4.47.